The summed E-state index contributed by atoms with van der Waals surface area (Å²) in [6.07, 6.45) is 0. The molecule has 158 valence electrons. The lowest BCUT2D eigenvalue weighted by molar-refractivity contribution is -0.140. The maximum Gasteiger partial charge on any atom is 0.295 e. The number of hydrogen-bond donors (Lipinski definition) is 1. The number of halogens is 2. The highest BCUT2D eigenvalue weighted by atomic mass is 79.9. The number of Topliss-reactive ketones (excluding diaryl/α,β-unsaturated/α-hetero) is 1. The molecule has 1 amide bonds. The lowest BCUT2D eigenvalue weighted by Gasteiger charge is -2.28. The lowest BCUT2D eigenvalue weighted by Crippen LogP contribution is -2.38. The van der Waals surface area contributed by atoms with Crippen LogP contribution in [0, 0.1) is 0 Å². The van der Waals surface area contributed by atoms with Crippen LogP contribution in [0.1, 0.15) is 31.0 Å². The van der Waals surface area contributed by atoms with E-state index >= 15 is 0 Å². The van der Waals surface area contributed by atoms with Crippen LogP contribution in [0.5, 0.6) is 0 Å². The van der Waals surface area contributed by atoms with Crippen LogP contribution in [0.4, 0.5) is 0 Å². The number of likely N-dealkylation sites (tertiary alicyclic amines) is 1. The Morgan fingerprint density at radius 3 is 2.40 bits per heavy atom. The molecule has 1 heterocycles. The lowest BCUT2D eigenvalue weighted by atomic mass is 9.95. The first kappa shape index (κ1) is 22.5. The molecule has 0 unspecified atom stereocenters. The molecule has 30 heavy (non-hydrogen) atoms. The van der Waals surface area contributed by atoms with Gasteiger partial charge in [0, 0.05) is 28.1 Å². The molecule has 0 bridgehead atoms. The van der Waals surface area contributed by atoms with Crippen molar-refractivity contribution in [3.05, 3.63) is 74.7 Å². The molecule has 0 saturated carbocycles. The third kappa shape index (κ3) is 4.61. The summed E-state index contributed by atoms with van der Waals surface area (Å²) in [5.41, 5.74) is 1.31. The Bertz CT molecular complexity index is 971. The van der Waals surface area contributed by atoms with Gasteiger partial charge in [-0.25, -0.2) is 0 Å². The molecular weight excluding hydrogens is 468 g/mol. The van der Waals surface area contributed by atoms with Gasteiger partial charge in [0.05, 0.1) is 11.6 Å². The summed E-state index contributed by atoms with van der Waals surface area (Å²) in [6, 6.07) is 13.4. The summed E-state index contributed by atoms with van der Waals surface area (Å²) < 4.78 is 0.834. The third-order valence-electron chi connectivity index (χ3n) is 5.37. The van der Waals surface area contributed by atoms with Gasteiger partial charge < -0.3 is 14.9 Å². The fourth-order valence-corrected chi connectivity index (χ4v) is 4.23. The minimum atomic E-state index is -0.674. The van der Waals surface area contributed by atoms with E-state index in [0.29, 0.717) is 23.7 Å². The van der Waals surface area contributed by atoms with Gasteiger partial charge in [0.15, 0.2) is 0 Å². The summed E-state index contributed by atoms with van der Waals surface area (Å²) in [4.78, 5) is 29.7. The predicted molar refractivity (Wildman–Crippen MR) is 122 cm³/mol. The standard InChI is InChI=1S/C23H24BrClN2O3/c1-3-26(4-2)12-13-27-20(16-6-5-7-17(24)14-16)19(22(29)23(27)30)21(28)15-8-10-18(25)11-9-15/h5-11,14,20,28H,3-4,12-13H2,1-2H3/t20-/m1/s1. The molecule has 2 aromatic carbocycles. The SMILES string of the molecule is CCN(CC)CCN1C(=O)C(=O)C(=C(O)c2ccc(Cl)cc2)[C@H]1c1cccc(Br)c1. The molecule has 3 rings (SSSR count). The number of hydrogen-bond acceptors (Lipinski definition) is 4. The van der Waals surface area contributed by atoms with Gasteiger partial charge in [0.2, 0.25) is 0 Å². The average Bonchev–Trinajstić information content (AvgIpc) is 2.99. The Morgan fingerprint density at radius 2 is 1.80 bits per heavy atom. The number of rotatable bonds is 7. The number of nitrogens with zero attached hydrogens (tertiary/aromatic N) is 2. The Balaban J connectivity index is 2.09. The van der Waals surface area contributed by atoms with Crippen LogP contribution >= 0.6 is 27.5 Å². The number of amides is 1. The summed E-state index contributed by atoms with van der Waals surface area (Å²) in [5, 5.41) is 11.5. The van der Waals surface area contributed by atoms with Crippen LogP contribution in [-0.2, 0) is 9.59 Å². The van der Waals surface area contributed by atoms with E-state index in [1.54, 1.807) is 29.2 Å². The number of benzene rings is 2. The topological polar surface area (TPSA) is 60.9 Å². The fourth-order valence-electron chi connectivity index (χ4n) is 3.69. The first-order chi connectivity index (χ1) is 14.4. The highest BCUT2D eigenvalue weighted by molar-refractivity contribution is 9.10. The van der Waals surface area contributed by atoms with Crippen LogP contribution in [0.15, 0.2) is 58.6 Å². The first-order valence-electron chi connectivity index (χ1n) is 9.89. The quantitative estimate of drug-likeness (QED) is 0.341. The Labute approximate surface area is 190 Å². The maximum atomic E-state index is 13.0. The molecule has 0 aliphatic carbocycles. The zero-order chi connectivity index (χ0) is 21.8. The highest BCUT2D eigenvalue weighted by Crippen LogP contribution is 2.40. The van der Waals surface area contributed by atoms with Gasteiger partial charge in [-0.2, -0.15) is 0 Å². The van der Waals surface area contributed by atoms with Crippen LogP contribution in [0.3, 0.4) is 0 Å². The number of likely N-dealkylation sites (N-methyl/N-ethyl adjacent to an activating group) is 1. The van der Waals surface area contributed by atoms with Crippen molar-refractivity contribution in [2.75, 3.05) is 26.2 Å². The Morgan fingerprint density at radius 1 is 1.13 bits per heavy atom. The molecule has 0 spiro atoms. The van der Waals surface area contributed by atoms with E-state index in [4.69, 9.17) is 11.6 Å². The number of aliphatic hydroxyl groups is 1. The Hall–Kier alpha value is -2.15. The summed E-state index contributed by atoms with van der Waals surface area (Å²) in [7, 11) is 0. The Kier molecular flexibility index (Phi) is 7.34. The molecule has 1 aliphatic rings. The zero-order valence-corrected chi connectivity index (χ0v) is 19.3. The zero-order valence-electron chi connectivity index (χ0n) is 16.9. The largest absolute Gasteiger partial charge is 0.507 e. The van der Waals surface area contributed by atoms with E-state index in [2.05, 4.69) is 34.7 Å². The summed E-state index contributed by atoms with van der Waals surface area (Å²) in [6.45, 7) is 6.86. The van der Waals surface area contributed by atoms with Gasteiger partial charge in [-0.15, -0.1) is 0 Å². The first-order valence-corrected chi connectivity index (χ1v) is 11.1. The van der Waals surface area contributed by atoms with E-state index in [1.165, 1.54) is 0 Å². The molecule has 0 radical (unpaired) electrons. The van der Waals surface area contributed by atoms with Crippen LogP contribution in [0.25, 0.3) is 5.76 Å². The van der Waals surface area contributed by atoms with Crippen LogP contribution in [0.2, 0.25) is 5.02 Å². The third-order valence-corrected chi connectivity index (χ3v) is 6.12. The van der Waals surface area contributed by atoms with Crippen LogP contribution in [-0.4, -0.2) is 52.8 Å². The van der Waals surface area contributed by atoms with Gasteiger partial charge in [0.25, 0.3) is 11.7 Å². The molecule has 7 heteroatoms. The van der Waals surface area contributed by atoms with Gasteiger partial charge in [-0.05, 0) is 55.1 Å². The second-order valence-corrected chi connectivity index (χ2v) is 8.43. The molecule has 1 N–H and O–H groups in total. The predicted octanol–water partition coefficient (Wildman–Crippen LogP) is 4.87. The summed E-state index contributed by atoms with van der Waals surface area (Å²) >= 11 is 9.42. The molecule has 1 fully saturated rings. The maximum absolute atomic E-state index is 13.0. The van der Waals surface area contributed by atoms with E-state index in [0.717, 1.165) is 23.1 Å². The van der Waals surface area contributed by atoms with Crippen molar-refractivity contribution in [2.24, 2.45) is 0 Å². The second kappa shape index (κ2) is 9.77. The number of carbonyl (C=O) groups is 2. The van der Waals surface area contributed by atoms with Gasteiger partial charge in [-0.1, -0.05) is 53.5 Å². The molecular formula is C23H24BrClN2O3. The van der Waals surface area contributed by atoms with Gasteiger partial charge >= 0.3 is 0 Å². The number of ketones is 1. The van der Waals surface area contributed by atoms with Crippen molar-refractivity contribution in [1.82, 2.24) is 9.80 Å². The molecule has 1 saturated heterocycles. The number of carbonyl (C=O) groups excluding carboxylic acids is 2. The van der Waals surface area contributed by atoms with E-state index < -0.39 is 17.7 Å². The molecule has 1 atom stereocenters. The molecule has 1 aliphatic heterocycles. The van der Waals surface area contributed by atoms with Crippen molar-refractivity contribution in [2.45, 2.75) is 19.9 Å². The minimum Gasteiger partial charge on any atom is -0.507 e. The smallest absolute Gasteiger partial charge is 0.295 e. The van der Waals surface area contributed by atoms with Crippen molar-refractivity contribution >= 4 is 45.0 Å². The minimum absolute atomic E-state index is 0.0972. The van der Waals surface area contributed by atoms with Crippen molar-refractivity contribution in [3.63, 3.8) is 0 Å². The van der Waals surface area contributed by atoms with Crippen molar-refractivity contribution in [1.29, 1.82) is 0 Å². The summed E-state index contributed by atoms with van der Waals surface area (Å²) in [5.74, 6) is -1.46. The number of aliphatic hydroxyl groups excluding tert-OH is 1. The highest BCUT2D eigenvalue weighted by Gasteiger charge is 2.46. The van der Waals surface area contributed by atoms with Crippen molar-refractivity contribution in [3.8, 4) is 0 Å². The van der Waals surface area contributed by atoms with Crippen molar-refractivity contribution < 1.29 is 14.7 Å². The molecule has 0 aromatic heterocycles. The van der Waals surface area contributed by atoms with E-state index in [9.17, 15) is 14.7 Å². The van der Waals surface area contributed by atoms with Crippen LogP contribution < -0.4 is 0 Å². The molecule has 2 aromatic rings. The second-order valence-electron chi connectivity index (χ2n) is 7.08. The monoisotopic (exact) mass is 490 g/mol. The molecule has 5 nitrogen and oxygen atoms in total. The fraction of sp³-hybridized carbons (Fsp3) is 0.304. The van der Waals surface area contributed by atoms with E-state index in [-0.39, 0.29) is 11.3 Å². The van der Waals surface area contributed by atoms with Gasteiger partial charge in [0.1, 0.15) is 5.76 Å². The van der Waals surface area contributed by atoms with Gasteiger partial charge in [-0.3, -0.25) is 9.59 Å². The van der Waals surface area contributed by atoms with E-state index in [1.807, 2.05) is 24.3 Å². The normalized spacial score (nSPS) is 18.4. The average molecular weight is 492 g/mol.